The van der Waals surface area contributed by atoms with E-state index in [1.807, 2.05) is 12.1 Å². The average Bonchev–Trinajstić information content (AvgIpc) is 3.03. The first-order chi connectivity index (χ1) is 11.4. The van der Waals surface area contributed by atoms with Crippen LogP contribution in [0.15, 0.2) is 54.6 Å². The molecule has 0 spiro atoms. The molecule has 0 aromatic heterocycles. The van der Waals surface area contributed by atoms with Crippen molar-refractivity contribution >= 4 is 28.3 Å². The summed E-state index contributed by atoms with van der Waals surface area (Å²) in [6.45, 7) is 0. The zero-order valence-corrected chi connectivity index (χ0v) is 14.8. The summed E-state index contributed by atoms with van der Waals surface area (Å²) in [6.07, 6.45) is 0.685. The Bertz CT molecular complexity index is 812. The van der Waals surface area contributed by atoms with Crippen molar-refractivity contribution in [2.45, 2.75) is 24.6 Å². The molecule has 1 N–H and O–H groups in total. The standard InChI is InChI=1S/C19H15F3IN/c20-19(21,22)16-7-2-1-4-14(16)18-13-6-3-5-12(13)15-10-11(23)8-9-17(15)24-18/h1-5,7-10,12-13,18,24H,6H2/t12-,13+,18+/m0/s1. The highest BCUT2D eigenvalue weighted by molar-refractivity contribution is 14.1. The first kappa shape index (κ1) is 16.0. The van der Waals surface area contributed by atoms with Crippen LogP contribution in [0.4, 0.5) is 18.9 Å². The molecule has 0 bridgehead atoms. The molecule has 1 aliphatic heterocycles. The highest BCUT2D eigenvalue weighted by Crippen LogP contribution is 2.51. The molecule has 2 aliphatic rings. The van der Waals surface area contributed by atoms with Crippen molar-refractivity contribution in [3.05, 3.63) is 74.9 Å². The van der Waals surface area contributed by atoms with Crippen LogP contribution in [0.25, 0.3) is 0 Å². The van der Waals surface area contributed by atoms with Crippen LogP contribution in [0.5, 0.6) is 0 Å². The molecule has 24 heavy (non-hydrogen) atoms. The van der Waals surface area contributed by atoms with Crippen LogP contribution in [-0.4, -0.2) is 0 Å². The third-order valence-electron chi connectivity index (χ3n) is 4.93. The Morgan fingerprint density at radius 3 is 2.62 bits per heavy atom. The molecule has 5 heteroatoms. The third-order valence-corrected chi connectivity index (χ3v) is 5.60. The van der Waals surface area contributed by atoms with Crippen LogP contribution in [-0.2, 0) is 6.18 Å². The van der Waals surface area contributed by atoms with Gasteiger partial charge in [0, 0.05) is 15.2 Å². The number of benzene rings is 2. The van der Waals surface area contributed by atoms with Gasteiger partial charge in [-0.2, -0.15) is 13.2 Å². The van der Waals surface area contributed by atoms with Crippen molar-refractivity contribution in [1.82, 2.24) is 0 Å². The maximum Gasteiger partial charge on any atom is 0.416 e. The monoisotopic (exact) mass is 441 g/mol. The Morgan fingerprint density at radius 1 is 1.04 bits per heavy atom. The van der Waals surface area contributed by atoms with Gasteiger partial charge in [-0.05, 0) is 70.3 Å². The molecule has 0 saturated heterocycles. The lowest BCUT2D eigenvalue weighted by Gasteiger charge is -2.38. The van der Waals surface area contributed by atoms with Crippen molar-refractivity contribution in [3.63, 3.8) is 0 Å². The van der Waals surface area contributed by atoms with Crippen molar-refractivity contribution in [2.24, 2.45) is 5.92 Å². The van der Waals surface area contributed by atoms with Gasteiger partial charge in [0.25, 0.3) is 0 Å². The van der Waals surface area contributed by atoms with Crippen molar-refractivity contribution in [3.8, 4) is 0 Å². The third kappa shape index (κ3) is 2.62. The van der Waals surface area contributed by atoms with E-state index in [0.717, 1.165) is 15.7 Å². The minimum atomic E-state index is -4.34. The lowest BCUT2D eigenvalue weighted by atomic mass is 9.76. The van der Waals surface area contributed by atoms with Crippen LogP contribution in [0.3, 0.4) is 0 Å². The molecule has 2 aromatic carbocycles. The van der Waals surface area contributed by atoms with Crippen LogP contribution < -0.4 is 5.32 Å². The van der Waals surface area contributed by atoms with Crippen molar-refractivity contribution in [2.75, 3.05) is 5.32 Å². The Balaban J connectivity index is 1.83. The van der Waals surface area contributed by atoms with Gasteiger partial charge in [-0.1, -0.05) is 30.4 Å². The second-order valence-electron chi connectivity index (χ2n) is 6.29. The van der Waals surface area contributed by atoms with Crippen molar-refractivity contribution in [1.29, 1.82) is 0 Å². The first-order valence-corrected chi connectivity index (χ1v) is 8.92. The van der Waals surface area contributed by atoms with Crippen LogP contribution in [0.1, 0.15) is 35.1 Å². The highest BCUT2D eigenvalue weighted by atomic mass is 127. The number of rotatable bonds is 1. The second kappa shape index (κ2) is 5.79. The number of nitrogens with one attached hydrogen (secondary N) is 1. The molecule has 0 saturated carbocycles. The van der Waals surface area contributed by atoms with Gasteiger partial charge in [0.15, 0.2) is 0 Å². The number of allylic oxidation sites excluding steroid dienone is 2. The normalized spacial score (nSPS) is 25.1. The summed E-state index contributed by atoms with van der Waals surface area (Å²) in [4.78, 5) is 0. The van der Waals surface area contributed by atoms with E-state index >= 15 is 0 Å². The fraction of sp³-hybridized carbons (Fsp3) is 0.263. The van der Waals surface area contributed by atoms with Crippen LogP contribution in [0.2, 0.25) is 0 Å². The fourth-order valence-electron chi connectivity index (χ4n) is 3.90. The Hall–Kier alpha value is -1.50. The van der Waals surface area contributed by atoms with Gasteiger partial charge in [-0.15, -0.1) is 0 Å². The minimum absolute atomic E-state index is 0.110. The molecular weight excluding hydrogens is 426 g/mol. The van der Waals surface area contributed by atoms with Gasteiger partial charge >= 0.3 is 6.18 Å². The van der Waals surface area contributed by atoms with E-state index in [2.05, 4.69) is 46.1 Å². The predicted octanol–water partition coefficient (Wildman–Crippen LogP) is 6.14. The van der Waals surface area contributed by atoms with Gasteiger partial charge in [0.05, 0.1) is 11.6 Å². The van der Waals surface area contributed by atoms with E-state index in [1.54, 1.807) is 12.1 Å². The van der Waals surface area contributed by atoms with Gasteiger partial charge in [0.2, 0.25) is 0 Å². The molecular formula is C19H15F3IN. The summed E-state index contributed by atoms with van der Waals surface area (Å²) in [5, 5.41) is 3.38. The molecule has 0 fully saturated rings. The first-order valence-electron chi connectivity index (χ1n) is 7.84. The zero-order valence-electron chi connectivity index (χ0n) is 12.6. The minimum Gasteiger partial charge on any atom is -0.378 e. The lowest BCUT2D eigenvalue weighted by molar-refractivity contribution is -0.138. The summed E-state index contributed by atoms with van der Waals surface area (Å²) < 4.78 is 41.5. The van der Waals surface area contributed by atoms with Gasteiger partial charge in [-0.25, -0.2) is 0 Å². The van der Waals surface area contributed by atoms with Gasteiger partial charge in [0.1, 0.15) is 0 Å². The summed E-state index contributed by atoms with van der Waals surface area (Å²) in [7, 11) is 0. The predicted molar refractivity (Wildman–Crippen MR) is 97.0 cm³/mol. The largest absolute Gasteiger partial charge is 0.416 e. The fourth-order valence-corrected chi connectivity index (χ4v) is 4.41. The number of halogens is 4. The summed E-state index contributed by atoms with van der Waals surface area (Å²) in [6, 6.07) is 11.7. The molecule has 0 unspecified atom stereocenters. The average molecular weight is 441 g/mol. The topological polar surface area (TPSA) is 12.0 Å². The lowest BCUT2D eigenvalue weighted by Crippen LogP contribution is -2.30. The molecule has 0 amide bonds. The number of alkyl halides is 3. The molecule has 1 aliphatic carbocycles. The molecule has 3 atom stereocenters. The smallest absolute Gasteiger partial charge is 0.378 e. The number of anilines is 1. The molecule has 1 heterocycles. The van der Waals surface area contributed by atoms with Crippen LogP contribution >= 0.6 is 22.6 Å². The SMILES string of the molecule is FC(F)(F)c1ccccc1[C@@H]1Nc2ccc(I)cc2[C@H]2C=CC[C@H]21. The van der Waals surface area contributed by atoms with E-state index < -0.39 is 11.7 Å². The van der Waals surface area contributed by atoms with E-state index in [1.165, 1.54) is 17.7 Å². The number of fused-ring (bicyclic) bond motifs is 3. The quantitative estimate of drug-likeness (QED) is 0.415. The Kier molecular flexibility index (Phi) is 3.86. The molecule has 124 valence electrons. The summed E-state index contributed by atoms with van der Waals surface area (Å²) in [5.41, 5.74) is 1.92. The Morgan fingerprint density at radius 2 is 1.83 bits per heavy atom. The summed E-state index contributed by atoms with van der Waals surface area (Å²) >= 11 is 2.27. The summed E-state index contributed by atoms with van der Waals surface area (Å²) in [5.74, 6) is 0.279. The molecule has 4 rings (SSSR count). The van der Waals surface area contributed by atoms with Crippen molar-refractivity contribution < 1.29 is 13.2 Å². The van der Waals surface area contributed by atoms with Gasteiger partial charge in [-0.3, -0.25) is 0 Å². The second-order valence-corrected chi connectivity index (χ2v) is 7.54. The van der Waals surface area contributed by atoms with E-state index in [9.17, 15) is 13.2 Å². The highest BCUT2D eigenvalue weighted by Gasteiger charge is 2.42. The van der Waals surface area contributed by atoms with E-state index in [-0.39, 0.29) is 17.9 Å². The van der Waals surface area contributed by atoms with E-state index in [0.29, 0.717) is 5.56 Å². The zero-order chi connectivity index (χ0) is 16.9. The maximum absolute atomic E-state index is 13.5. The Labute approximate surface area is 152 Å². The molecule has 1 nitrogen and oxygen atoms in total. The maximum atomic E-state index is 13.5. The number of hydrogen-bond donors (Lipinski definition) is 1. The molecule has 0 radical (unpaired) electrons. The van der Waals surface area contributed by atoms with Gasteiger partial charge < -0.3 is 5.32 Å². The number of hydrogen-bond acceptors (Lipinski definition) is 1. The van der Waals surface area contributed by atoms with Crippen LogP contribution in [0, 0.1) is 9.49 Å². The van der Waals surface area contributed by atoms with E-state index in [4.69, 9.17) is 0 Å². The molecule has 2 aromatic rings.